The lowest BCUT2D eigenvalue weighted by molar-refractivity contribution is -0.131. The van der Waals surface area contributed by atoms with E-state index in [2.05, 4.69) is 25.6 Å². The first-order valence-electron chi connectivity index (χ1n) is 11.1. The number of benzene rings is 1. The molecule has 0 unspecified atom stereocenters. The molecule has 1 aliphatic rings. The number of piperazine rings is 1. The van der Waals surface area contributed by atoms with Crippen LogP contribution in [0.5, 0.6) is 0 Å². The number of carbonyl (C=O) groups is 2. The molecule has 9 nitrogen and oxygen atoms in total. The van der Waals surface area contributed by atoms with E-state index in [1.165, 1.54) is 0 Å². The Morgan fingerprint density at radius 3 is 2.45 bits per heavy atom. The Morgan fingerprint density at radius 2 is 1.76 bits per heavy atom. The second-order valence-corrected chi connectivity index (χ2v) is 8.04. The fourth-order valence-electron chi connectivity index (χ4n) is 3.97. The molecule has 0 spiro atoms. The number of para-hydroxylation sites is 2. The first-order valence-corrected chi connectivity index (χ1v) is 11.1. The van der Waals surface area contributed by atoms with E-state index >= 15 is 0 Å². The minimum absolute atomic E-state index is 0.0408. The number of rotatable bonds is 6. The molecule has 33 heavy (non-hydrogen) atoms. The highest BCUT2D eigenvalue weighted by Gasteiger charge is 2.21. The molecule has 2 aromatic heterocycles. The van der Waals surface area contributed by atoms with Crippen molar-refractivity contribution < 1.29 is 9.59 Å². The molecule has 0 bridgehead atoms. The van der Waals surface area contributed by atoms with Crippen molar-refractivity contribution >= 4 is 23.4 Å². The molecule has 4 rings (SSSR count). The standard InChI is InChI=1S/C24H29N7O2/c1-18-17-19(2)31(28-18)21-8-4-3-7-20(21)27-24(33)26-12-10-23(32)30-15-13-29(14-16-30)22-9-5-6-11-25-22/h3-9,11,17H,10,12-16H2,1-2H3,(H2,26,27,33). The van der Waals surface area contributed by atoms with E-state index in [1.54, 1.807) is 10.9 Å². The highest BCUT2D eigenvalue weighted by atomic mass is 16.2. The van der Waals surface area contributed by atoms with Crippen molar-refractivity contribution in [3.63, 3.8) is 0 Å². The number of nitrogens with zero attached hydrogens (tertiary/aromatic N) is 5. The van der Waals surface area contributed by atoms with Gasteiger partial charge in [0.05, 0.1) is 17.1 Å². The van der Waals surface area contributed by atoms with Crippen LogP contribution >= 0.6 is 0 Å². The number of carbonyl (C=O) groups excluding carboxylic acids is 2. The zero-order chi connectivity index (χ0) is 23.2. The Labute approximate surface area is 193 Å². The summed E-state index contributed by atoms with van der Waals surface area (Å²) in [4.78, 5) is 33.4. The van der Waals surface area contributed by atoms with Gasteiger partial charge < -0.3 is 20.4 Å². The minimum Gasteiger partial charge on any atom is -0.353 e. The number of amides is 3. The molecule has 0 radical (unpaired) electrons. The zero-order valence-electron chi connectivity index (χ0n) is 19.0. The normalized spacial score (nSPS) is 13.6. The van der Waals surface area contributed by atoms with Gasteiger partial charge >= 0.3 is 6.03 Å². The third-order valence-electron chi connectivity index (χ3n) is 5.62. The quantitative estimate of drug-likeness (QED) is 0.606. The van der Waals surface area contributed by atoms with Crippen LogP contribution in [0.15, 0.2) is 54.7 Å². The number of hydrogen-bond acceptors (Lipinski definition) is 5. The van der Waals surface area contributed by atoms with E-state index in [-0.39, 0.29) is 24.9 Å². The van der Waals surface area contributed by atoms with Gasteiger partial charge in [0.1, 0.15) is 5.82 Å². The summed E-state index contributed by atoms with van der Waals surface area (Å²) in [6.07, 6.45) is 2.04. The molecule has 3 amide bonds. The number of aromatic nitrogens is 3. The summed E-state index contributed by atoms with van der Waals surface area (Å²) < 4.78 is 1.80. The highest BCUT2D eigenvalue weighted by Crippen LogP contribution is 2.21. The van der Waals surface area contributed by atoms with Gasteiger partial charge in [-0.25, -0.2) is 14.5 Å². The molecular formula is C24H29N7O2. The van der Waals surface area contributed by atoms with Crippen molar-refractivity contribution in [3.8, 4) is 5.69 Å². The van der Waals surface area contributed by atoms with E-state index in [0.717, 1.165) is 36.0 Å². The molecule has 1 aromatic carbocycles. The molecular weight excluding hydrogens is 418 g/mol. The summed E-state index contributed by atoms with van der Waals surface area (Å²) in [5.41, 5.74) is 3.33. The van der Waals surface area contributed by atoms with Gasteiger partial charge in [-0.15, -0.1) is 0 Å². The molecule has 0 aliphatic carbocycles. The summed E-state index contributed by atoms with van der Waals surface area (Å²) in [7, 11) is 0. The largest absolute Gasteiger partial charge is 0.353 e. The maximum absolute atomic E-state index is 12.6. The second-order valence-electron chi connectivity index (χ2n) is 8.04. The third kappa shape index (κ3) is 5.49. The Balaban J connectivity index is 1.24. The molecule has 1 saturated heterocycles. The third-order valence-corrected chi connectivity index (χ3v) is 5.62. The van der Waals surface area contributed by atoms with E-state index in [1.807, 2.05) is 67.3 Å². The summed E-state index contributed by atoms with van der Waals surface area (Å²) in [6.45, 7) is 6.97. The van der Waals surface area contributed by atoms with Crippen LogP contribution in [0.4, 0.5) is 16.3 Å². The van der Waals surface area contributed by atoms with Crippen molar-refractivity contribution in [2.45, 2.75) is 20.3 Å². The number of anilines is 2. The van der Waals surface area contributed by atoms with Crippen LogP contribution in [0.25, 0.3) is 5.69 Å². The minimum atomic E-state index is -0.350. The Morgan fingerprint density at radius 1 is 1.00 bits per heavy atom. The summed E-state index contributed by atoms with van der Waals surface area (Å²) in [5.74, 6) is 0.975. The number of urea groups is 1. The van der Waals surface area contributed by atoms with E-state index in [9.17, 15) is 9.59 Å². The topological polar surface area (TPSA) is 95.4 Å². The number of hydrogen-bond donors (Lipinski definition) is 2. The van der Waals surface area contributed by atoms with Crippen molar-refractivity contribution in [1.29, 1.82) is 0 Å². The van der Waals surface area contributed by atoms with Crippen LogP contribution in [0.1, 0.15) is 17.8 Å². The van der Waals surface area contributed by atoms with Crippen LogP contribution < -0.4 is 15.5 Å². The first kappa shape index (κ1) is 22.3. The molecule has 172 valence electrons. The fraction of sp³-hybridized carbons (Fsp3) is 0.333. The lowest BCUT2D eigenvalue weighted by Gasteiger charge is -2.35. The highest BCUT2D eigenvalue weighted by molar-refractivity contribution is 5.91. The maximum atomic E-state index is 12.6. The SMILES string of the molecule is Cc1cc(C)n(-c2ccccc2NC(=O)NCCC(=O)N2CCN(c3ccccn3)CC2)n1. The monoisotopic (exact) mass is 447 g/mol. The molecule has 1 aliphatic heterocycles. The number of aryl methyl sites for hydroxylation is 2. The van der Waals surface area contributed by atoms with Crippen molar-refractivity contribution in [2.75, 3.05) is 42.9 Å². The summed E-state index contributed by atoms with van der Waals surface area (Å²) in [5, 5.41) is 10.2. The average molecular weight is 448 g/mol. The zero-order valence-corrected chi connectivity index (χ0v) is 19.0. The van der Waals surface area contributed by atoms with Crippen molar-refractivity contribution in [2.24, 2.45) is 0 Å². The van der Waals surface area contributed by atoms with Crippen molar-refractivity contribution in [1.82, 2.24) is 25.0 Å². The lowest BCUT2D eigenvalue weighted by atomic mass is 10.2. The van der Waals surface area contributed by atoms with Crippen LogP contribution in [-0.4, -0.2) is 64.3 Å². The molecule has 3 heterocycles. The predicted octanol–water partition coefficient (Wildman–Crippen LogP) is 2.74. The summed E-state index contributed by atoms with van der Waals surface area (Å²) in [6, 6.07) is 15.0. The molecule has 1 fully saturated rings. The first-order chi connectivity index (χ1) is 16.0. The fourth-order valence-corrected chi connectivity index (χ4v) is 3.97. The average Bonchev–Trinajstić information content (AvgIpc) is 3.17. The van der Waals surface area contributed by atoms with Crippen LogP contribution in [0, 0.1) is 13.8 Å². The number of pyridine rings is 1. The van der Waals surface area contributed by atoms with Gasteiger partial charge in [-0.3, -0.25) is 4.79 Å². The van der Waals surface area contributed by atoms with Gasteiger partial charge in [0, 0.05) is 51.0 Å². The van der Waals surface area contributed by atoms with Gasteiger partial charge in [-0.05, 0) is 44.2 Å². The lowest BCUT2D eigenvalue weighted by Crippen LogP contribution is -2.49. The van der Waals surface area contributed by atoms with Gasteiger partial charge in [0.15, 0.2) is 0 Å². The van der Waals surface area contributed by atoms with Gasteiger partial charge in [0.2, 0.25) is 5.91 Å². The van der Waals surface area contributed by atoms with Crippen LogP contribution in [-0.2, 0) is 4.79 Å². The van der Waals surface area contributed by atoms with Gasteiger partial charge in [-0.2, -0.15) is 5.10 Å². The predicted molar refractivity (Wildman–Crippen MR) is 128 cm³/mol. The van der Waals surface area contributed by atoms with Crippen LogP contribution in [0.2, 0.25) is 0 Å². The van der Waals surface area contributed by atoms with Crippen LogP contribution in [0.3, 0.4) is 0 Å². The second kappa shape index (κ2) is 10.2. The summed E-state index contributed by atoms with van der Waals surface area (Å²) >= 11 is 0. The maximum Gasteiger partial charge on any atom is 0.319 e. The smallest absolute Gasteiger partial charge is 0.319 e. The molecule has 0 saturated carbocycles. The van der Waals surface area contributed by atoms with E-state index < -0.39 is 0 Å². The molecule has 9 heteroatoms. The number of nitrogens with one attached hydrogen (secondary N) is 2. The van der Waals surface area contributed by atoms with Gasteiger partial charge in [-0.1, -0.05) is 18.2 Å². The van der Waals surface area contributed by atoms with E-state index in [4.69, 9.17) is 0 Å². The van der Waals surface area contributed by atoms with Crippen molar-refractivity contribution in [3.05, 3.63) is 66.1 Å². The Kier molecular flexibility index (Phi) is 6.87. The van der Waals surface area contributed by atoms with E-state index in [0.29, 0.717) is 18.8 Å². The Bertz CT molecular complexity index is 1110. The molecule has 2 N–H and O–H groups in total. The Hall–Kier alpha value is -3.88. The molecule has 0 atom stereocenters. The molecule has 3 aromatic rings. The van der Waals surface area contributed by atoms with Gasteiger partial charge in [0.25, 0.3) is 0 Å².